The number of hydrogen-bond acceptors (Lipinski definition) is 3. The first kappa shape index (κ1) is 8.48. The number of hydrogen-bond donors (Lipinski definition) is 2. The van der Waals surface area contributed by atoms with Crippen molar-refractivity contribution in [3.63, 3.8) is 0 Å². The lowest BCUT2D eigenvalue weighted by Crippen LogP contribution is -2.59. The Bertz CT molecular complexity index is 151. The van der Waals surface area contributed by atoms with Gasteiger partial charge in [-0.05, 0) is 19.3 Å². The number of fused-ring (bicyclic) bond motifs is 1. The van der Waals surface area contributed by atoms with Gasteiger partial charge in [0.2, 0.25) is 0 Å². The van der Waals surface area contributed by atoms with E-state index in [9.17, 15) is 0 Å². The lowest BCUT2D eigenvalue weighted by atomic mass is 9.87. The van der Waals surface area contributed by atoms with Gasteiger partial charge in [0.1, 0.15) is 0 Å². The summed E-state index contributed by atoms with van der Waals surface area (Å²) in [5.41, 5.74) is 0. The molecule has 3 atom stereocenters. The summed E-state index contributed by atoms with van der Waals surface area (Å²) in [5, 5.41) is 7.09. The summed E-state index contributed by atoms with van der Waals surface area (Å²) < 4.78 is 5.37. The molecule has 1 saturated carbocycles. The molecule has 1 aliphatic heterocycles. The molecule has 0 unspecified atom stereocenters. The van der Waals surface area contributed by atoms with Crippen molar-refractivity contribution in [2.75, 3.05) is 20.2 Å². The molecular formula is C9H18N2O. The fraction of sp³-hybridized carbons (Fsp3) is 1.00. The second-order valence-corrected chi connectivity index (χ2v) is 3.79. The molecular weight excluding hydrogens is 152 g/mol. The molecule has 1 heterocycles. The van der Waals surface area contributed by atoms with E-state index in [-0.39, 0.29) is 0 Å². The van der Waals surface area contributed by atoms with E-state index in [0.717, 1.165) is 13.1 Å². The third-order valence-electron chi connectivity index (χ3n) is 3.07. The summed E-state index contributed by atoms with van der Waals surface area (Å²) in [7, 11) is 1.82. The maximum Gasteiger partial charge on any atom is 0.0587 e. The van der Waals surface area contributed by atoms with Crippen molar-refractivity contribution in [3.8, 4) is 0 Å². The molecule has 3 heteroatoms. The third kappa shape index (κ3) is 1.63. The van der Waals surface area contributed by atoms with Crippen molar-refractivity contribution in [3.05, 3.63) is 0 Å². The van der Waals surface area contributed by atoms with E-state index in [2.05, 4.69) is 10.6 Å². The van der Waals surface area contributed by atoms with Crippen molar-refractivity contribution in [1.29, 1.82) is 0 Å². The maximum absolute atomic E-state index is 5.37. The Hall–Kier alpha value is -0.120. The number of rotatable bonds is 1. The molecule has 1 saturated heterocycles. The van der Waals surface area contributed by atoms with Crippen LogP contribution in [0.4, 0.5) is 0 Å². The Balaban J connectivity index is 1.90. The van der Waals surface area contributed by atoms with Crippen LogP contribution in [0.1, 0.15) is 19.3 Å². The molecule has 3 nitrogen and oxygen atoms in total. The quantitative estimate of drug-likeness (QED) is 0.586. The van der Waals surface area contributed by atoms with Gasteiger partial charge in [-0.1, -0.05) is 0 Å². The highest BCUT2D eigenvalue weighted by Crippen LogP contribution is 2.22. The van der Waals surface area contributed by atoms with Gasteiger partial charge >= 0.3 is 0 Å². The molecule has 0 amide bonds. The molecule has 0 aromatic rings. The Labute approximate surface area is 73.9 Å². The van der Waals surface area contributed by atoms with Crippen molar-refractivity contribution in [2.45, 2.75) is 37.5 Å². The molecule has 2 fully saturated rings. The van der Waals surface area contributed by atoms with Crippen molar-refractivity contribution in [1.82, 2.24) is 10.6 Å². The first-order valence-corrected chi connectivity index (χ1v) is 4.89. The summed E-state index contributed by atoms with van der Waals surface area (Å²) in [6, 6.07) is 1.35. The largest absolute Gasteiger partial charge is 0.381 e. The topological polar surface area (TPSA) is 33.3 Å². The van der Waals surface area contributed by atoms with Crippen LogP contribution >= 0.6 is 0 Å². The average Bonchev–Trinajstić information content (AvgIpc) is 2.17. The van der Waals surface area contributed by atoms with Crippen LogP contribution in [0.5, 0.6) is 0 Å². The van der Waals surface area contributed by atoms with Gasteiger partial charge in [-0.2, -0.15) is 0 Å². The van der Waals surface area contributed by atoms with E-state index in [1.807, 2.05) is 7.11 Å². The van der Waals surface area contributed by atoms with Gasteiger partial charge in [-0.3, -0.25) is 0 Å². The molecule has 2 N–H and O–H groups in total. The minimum atomic E-state index is 0.485. The second-order valence-electron chi connectivity index (χ2n) is 3.79. The minimum absolute atomic E-state index is 0.485. The van der Waals surface area contributed by atoms with E-state index in [1.54, 1.807) is 0 Å². The molecule has 12 heavy (non-hydrogen) atoms. The summed E-state index contributed by atoms with van der Waals surface area (Å²) in [4.78, 5) is 0. The minimum Gasteiger partial charge on any atom is -0.381 e. The van der Waals surface area contributed by atoms with Gasteiger partial charge < -0.3 is 15.4 Å². The van der Waals surface area contributed by atoms with E-state index < -0.39 is 0 Å². The number of nitrogens with one attached hydrogen (secondary N) is 2. The van der Waals surface area contributed by atoms with E-state index in [1.165, 1.54) is 19.3 Å². The Morgan fingerprint density at radius 1 is 1.08 bits per heavy atom. The zero-order valence-corrected chi connectivity index (χ0v) is 7.68. The Kier molecular flexibility index (Phi) is 2.63. The van der Waals surface area contributed by atoms with Crippen LogP contribution in [0, 0.1) is 0 Å². The Morgan fingerprint density at radius 2 is 1.83 bits per heavy atom. The van der Waals surface area contributed by atoms with E-state index in [4.69, 9.17) is 4.74 Å². The predicted molar refractivity (Wildman–Crippen MR) is 48.2 cm³/mol. The highest BCUT2D eigenvalue weighted by molar-refractivity contribution is 4.92. The van der Waals surface area contributed by atoms with Crippen LogP contribution in [0.25, 0.3) is 0 Å². The number of methoxy groups -OCH3 is 1. The normalized spacial score (nSPS) is 42.2. The molecule has 2 aliphatic rings. The highest BCUT2D eigenvalue weighted by Gasteiger charge is 2.31. The zero-order valence-electron chi connectivity index (χ0n) is 7.68. The van der Waals surface area contributed by atoms with Crippen LogP contribution in [0.2, 0.25) is 0 Å². The fourth-order valence-electron chi connectivity index (χ4n) is 2.33. The van der Waals surface area contributed by atoms with Gasteiger partial charge in [0, 0.05) is 32.3 Å². The van der Waals surface area contributed by atoms with Crippen molar-refractivity contribution >= 4 is 0 Å². The van der Waals surface area contributed by atoms with Crippen LogP contribution in [-0.2, 0) is 4.74 Å². The average molecular weight is 170 g/mol. The lowest BCUT2D eigenvalue weighted by molar-refractivity contribution is 0.0432. The highest BCUT2D eigenvalue weighted by atomic mass is 16.5. The number of ether oxygens (including phenoxy) is 1. The third-order valence-corrected chi connectivity index (χ3v) is 3.07. The standard InChI is InChI=1S/C9H18N2O/c1-12-7-2-3-8-9(6-7)11-5-4-10-8/h7-11H,2-6H2,1H3/t7-,8-,9-/m1/s1. The van der Waals surface area contributed by atoms with Gasteiger partial charge in [0.15, 0.2) is 0 Å². The summed E-state index contributed by atoms with van der Waals surface area (Å²) in [6.07, 6.45) is 4.13. The smallest absolute Gasteiger partial charge is 0.0587 e. The monoisotopic (exact) mass is 170 g/mol. The molecule has 0 aromatic carbocycles. The van der Waals surface area contributed by atoms with E-state index in [0.29, 0.717) is 18.2 Å². The molecule has 0 bridgehead atoms. The van der Waals surface area contributed by atoms with E-state index >= 15 is 0 Å². The van der Waals surface area contributed by atoms with Crippen LogP contribution in [-0.4, -0.2) is 38.4 Å². The summed E-state index contributed by atoms with van der Waals surface area (Å²) >= 11 is 0. The molecule has 70 valence electrons. The molecule has 1 aliphatic carbocycles. The van der Waals surface area contributed by atoms with Crippen LogP contribution in [0.3, 0.4) is 0 Å². The summed E-state index contributed by atoms with van der Waals surface area (Å²) in [6.45, 7) is 2.23. The van der Waals surface area contributed by atoms with Crippen molar-refractivity contribution < 1.29 is 4.74 Å². The van der Waals surface area contributed by atoms with Crippen LogP contribution in [0.15, 0.2) is 0 Å². The summed E-state index contributed by atoms with van der Waals surface area (Å²) in [5.74, 6) is 0. The molecule has 0 spiro atoms. The predicted octanol–water partition coefficient (Wildman–Crippen LogP) is 0.115. The van der Waals surface area contributed by atoms with Gasteiger partial charge in [-0.25, -0.2) is 0 Å². The first-order valence-electron chi connectivity index (χ1n) is 4.89. The Morgan fingerprint density at radius 3 is 2.58 bits per heavy atom. The van der Waals surface area contributed by atoms with Crippen LogP contribution < -0.4 is 10.6 Å². The zero-order chi connectivity index (χ0) is 8.39. The number of piperazine rings is 1. The van der Waals surface area contributed by atoms with Gasteiger partial charge in [-0.15, -0.1) is 0 Å². The SMILES string of the molecule is CO[C@@H]1CC[C@H]2NCCN[C@@H]2C1. The molecule has 0 radical (unpaired) electrons. The molecule has 0 aromatic heterocycles. The fourth-order valence-corrected chi connectivity index (χ4v) is 2.33. The lowest BCUT2D eigenvalue weighted by Gasteiger charge is -2.40. The first-order chi connectivity index (χ1) is 5.90. The maximum atomic E-state index is 5.37. The van der Waals surface area contributed by atoms with Crippen molar-refractivity contribution in [2.24, 2.45) is 0 Å². The second kappa shape index (κ2) is 3.73. The van der Waals surface area contributed by atoms with Gasteiger partial charge in [0.05, 0.1) is 6.10 Å². The molecule has 2 rings (SSSR count). The van der Waals surface area contributed by atoms with Gasteiger partial charge in [0.25, 0.3) is 0 Å².